The number of nitrogens with zero attached hydrogens (tertiary/aromatic N) is 3. The molecular weight excluding hydrogens is 680 g/mol. The number of cyclic esters (lactones) is 1. The molecule has 4 aliphatic heterocycles. The Morgan fingerprint density at radius 1 is 0.860 bits per heavy atom. The molecule has 5 amide bonds. The van der Waals surface area contributed by atoms with Crippen LogP contribution in [0.4, 0.5) is 0 Å². The van der Waals surface area contributed by atoms with Crippen molar-refractivity contribution in [3.05, 3.63) is 24.3 Å². The second-order valence-corrected chi connectivity index (χ2v) is 14.0. The monoisotopic (exact) mass is 726 g/mol. The van der Waals surface area contributed by atoms with Gasteiger partial charge in [-0.3, -0.25) is 39.0 Å². The standard InChI is InChI=1S/C31H47ClN8O10/c1-17(2)7-5-4-6-8-21-28(47)40-24(9-18(32)12-33-40)29(48)39-23(11-20(43)14-35-39)27(46)37-31(3,16-41)30(49)50-15-25(44)38-22(26(45)36-21)10-19(42)13-34-38/h4-7,17-24,33-35,41-43H,8-16H2,1-3H3,(H,36,45)(H,37,46). The Kier molecular flexibility index (Phi) is 13.3. The molecular formula is C31H47ClN8O10. The molecule has 0 aromatic rings. The molecule has 8 N–H and O–H groups in total. The Labute approximate surface area is 294 Å². The lowest BCUT2D eigenvalue weighted by Gasteiger charge is -2.44. The maximum absolute atomic E-state index is 14.3. The average Bonchev–Trinajstić information content (AvgIpc) is 3.08. The third kappa shape index (κ3) is 9.36. The number of allylic oxidation sites excluding steroid dienone is 3. The number of carbonyl (C=O) groups is 6. The van der Waals surface area contributed by atoms with Gasteiger partial charge >= 0.3 is 5.97 Å². The van der Waals surface area contributed by atoms with Crippen LogP contribution in [0.1, 0.15) is 46.5 Å². The van der Waals surface area contributed by atoms with Gasteiger partial charge in [0, 0.05) is 32.5 Å². The number of rotatable bonds is 5. The number of carbonyl (C=O) groups excluding carboxylic acids is 6. The highest BCUT2D eigenvalue weighted by Gasteiger charge is 2.48. The number of halogens is 1. The van der Waals surface area contributed by atoms with Gasteiger partial charge in [-0.15, -0.1) is 11.6 Å². The summed E-state index contributed by atoms with van der Waals surface area (Å²) in [6.45, 7) is 3.09. The Morgan fingerprint density at radius 2 is 1.46 bits per heavy atom. The molecule has 50 heavy (non-hydrogen) atoms. The molecule has 4 saturated heterocycles. The van der Waals surface area contributed by atoms with Crippen LogP contribution in [-0.4, -0.2) is 146 Å². The minimum absolute atomic E-state index is 0.0381. The van der Waals surface area contributed by atoms with Gasteiger partial charge in [0.1, 0.15) is 24.2 Å². The molecule has 4 heterocycles. The van der Waals surface area contributed by atoms with Crippen molar-refractivity contribution in [2.45, 2.75) is 93.7 Å². The van der Waals surface area contributed by atoms with Crippen molar-refractivity contribution in [1.29, 1.82) is 0 Å². The van der Waals surface area contributed by atoms with E-state index >= 15 is 0 Å². The van der Waals surface area contributed by atoms with Crippen LogP contribution in [0.25, 0.3) is 0 Å². The number of hydrogen-bond acceptors (Lipinski definition) is 13. The molecule has 0 aromatic heterocycles. The summed E-state index contributed by atoms with van der Waals surface area (Å²) >= 11 is 6.46. The topological polar surface area (TPSA) is 242 Å². The van der Waals surface area contributed by atoms with Crippen molar-refractivity contribution >= 4 is 47.1 Å². The third-order valence-electron chi connectivity index (χ3n) is 8.74. The summed E-state index contributed by atoms with van der Waals surface area (Å²) in [6.07, 6.45) is 4.36. The van der Waals surface area contributed by atoms with E-state index in [0.717, 1.165) is 22.0 Å². The molecule has 19 heteroatoms. The fraction of sp³-hybridized carbons (Fsp3) is 0.677. The first-order chi connectivity index (χ1) is 23.6. The number of esters is 1. The van der Waals surface area contributed by atoms with Gasteiger partial charge in [-0.2, -0.15) is 0 Å². The molecule has 18 nitrogen and oxygen atoms in total. The summed E-state index contributed by atoms with van der Waals surface area (Å²) in [4.78, 5) is 82.4. The SMILES string of the molecule is CC(C)C=CC=CCC1NC(=O)C2CC(O)CNN2C(=O)COC(=O)C(C)(CO)NC(=O)C2CC(O)CNN2C(=O)C2CC(Cl)CNN2C1=O. The van der Waals surface area contributed by atoms with Crippen molar-refractivity contribution < 1.29 is 48.8 Å². The van der Waals surface area contributed by atoms with Gasteiger partial charge in [0.2, 0.25) is 11.8 Å². The molecule has 0 radical (unpaired) electrons. The van der Waals surface area contributed by atoms with Gasteiger partial charge in [-0.05, 0) is 25.7 Å². The zero-order chi connectivity index (χ0) is 36.7. The first kappa shape index (κ1) is 39.1. The van der Waals surface area contributed by atoms with E-state index in [9.17, 15) is 44.1 Å². The van der Waals surface area contributed by atoms with E-state index in [1.807, 2.05) is 19.9 Å². The molecule has 0 saturated carbocycles. The third-order valence-corrected chi connectivity index (χ3v) is 9.07. The van der Waals surface area contributed by atoms with Crippen LogP contribution < -0.4 is 26.9 Å². The molecule has 0 bridgehead atoms. The lowest BCUT2D eigenvalue weighted by atomic mass is 9.98. The predicted octanol–water partition coefficient (Wildman–Crippen LogP) is -3.30. The van der Waals surface area contributed by atoms with E-state index in [1.54, 1.807) is 18.2 Å². The predicted molar refractivity (Wildman–Crippen MR) is 176 cm³/mol. The lowest BCUT2D eigenvalue weighted by Crippen LogP contribution is -2.71. The number of hydrogen-bond donors (Lipinski definition) is 8. The second-order valence-electron chi connectivity index (χ2n) is 13.3. The van der Waals surface area contributed by atoms with Gasteiger partial charge in [-0.1, -0.05) is 38.2 Å². The zero-order valence-electron chi connectivity index (χ0n) is 28.2. The Balaban J connectivity index is 1.77. The van der Waals surface area contributed by atoms with Crippen LogP contribution in [0.5, 0.6) is 0 Å². The van der Waals surface area contributed by atoms with Gasteiger partial charge in [0.05, 0.1) is 24.2 Å². The Hall–Kier alpha value is -3.65. The number of β-amino-alcohol motifs (C(OH)–C–C–N with tert-alkyl or cyclic N) is 2. The maximum atomic E-state index is 14.3. The molecule has 8 atom stereocenters. The number of alkyl halides is 1. The lowest BCUT2D eigenvalue weighted by molar-refractivity contribution is -0.167. The Morgan fingerprint density at radius 3 is 2.10 bits per heavy atom. The highest BCUT2D eigenvalue weighted by molar-refractivity contribution is 6.21. The minimum atomic E-state index is -2.09. The second kappa shape index (κ2) is 17.0. The molecule has 4 aliphatic rings. The van der Waals surface area contributed by atoms with Gasteiger partial charge in [-0.25, -0.2) is 21.1 Å². The highest BCUT2D eigenvalue weighted by Crippen LogP contribution is 2.23. The summed E-state index contributed by atoms with van der Waals surface area (Å²) < 4.78 is 5.17. The molecule has 8 unspecified atom stereocenters. The smallest absolute Gasteiger partial charge is 0.334 e. The number of hydrazine groups is 3. The number of aliphatic hydroxyl groups is 3. The first-order valence-corrected chi connectivity index (χ1v) is 17.0. The summed E-state index contributed by atoms with van der Waals surface area (Å²) in [7, 11) is 0. The average molecular weight is 727 g/mol. The molecule has 0 spiro atoms. The number of aliphatic hydroxyl groups excluding tert-OH is 3. The molecule has 278 valence electrons. The van der Waals surface area contributed by atoms with Gasteiger partial charge in [0.25, 0.3) is 17.7 Å². The van der Waals surface area contributed by atoms with Crippen LogP contribution >= 0.6 is 11.6 Å². The Bertz CT molecular complexity index is 1370. The first-order valence-electron chi connectivity index (χ1n) is 16.6. The maximum Gasteiger partial charge on any atom is 0.334 e. The number of fused-ring (bicyclic) bond motifs is 3. The van der Waals surface area contributed by atoms with Crippen molar-refractivity contribution in [1.82, 2.24) is 41.9 Å². The summed E-state index contributed by atoms with van der Waals surface area (Å²) in [5.41, 5.74) is 6.15. The number of amides is 5. The van der Waals surface area contributed by atoms with Crippen LogP contribution in [0, 0.1) is 5.92 Å². The van der Waals surface area contributed by atoms with E-state index in [1.165, 1.54) is 0 Å². The summed E-state index contributed by atoms with van der Waals surface area (Å²) in [5, 5.41) is 38.3. The van der Waals surface area contributed by atoms with Gasteiger partial charge < -0.3 is 30.7 Å². The number of nitrogens with one attached hydrogen (secondary N) is 5. The van der Waals surface area contributed by atoms with Crippen molar-refractivity contribution in [3.63, 3.8) is 0 Å². The molecule has 4 fully saturated rings. The number of ether oxygens (including phenoxy) is 1. The zero-order valence-corrected chi connectivity index (χ0v) is 29.0. The van der Waals surface area contributed by atoms with E-state index in [2.05, 4.69) is 26.9 Å². The molecule has 0 aromatic carbocycles. The highest BCUT2D eigenvalue weighted by atomic mass is 35.5. The largest absolute Gasteiger partial charge is 0.454 e. The van der Waals surface area contributed by atoms with E-state index in [4.69, 9.17) is 16.3 Å². The minimum Gasteiger partial charge on any atom is -0.454 e. The van der Waals surface area contributed by atoms with Crippen LogP contribution in [0.3, 0.4) is 0 Å². The van der Waals surface area contributed by atoms with Crippen molar-refractivity contribution in [3.8, 4) is 0 Å². The normalized spacial score (nSPS) is 34.2. The van der Waals surface area contributed by atoms with E-state index < -0.39 is 96.0 Å². The van der Waals surface area contributed by atoms with Crippen LogP contribution in [0.2, 0.25) is 0 Å². The van der Waals surface area contributed by atoms with Crippen molar-refractivity contribution in [2.75, 3.05) is 32.8 Å². The fourth-order valence-electron chi connectivity index (χ4n) is 5.91. The van der Waals surface area contributed by atoms with Crippen LogP contribution in [-0.2, 0) is 33.5 Å². The van der Waals surface area contributed by atoms with E-state index in [0.29, 0.717) is 0 Å². The fourth-order valence-corrected chi connectivity index (χ4v) is 6.15. The van der Waals surface area contributed by atoms with Crippen molar-refractivity contribution in [2.24, 2.45) is 5.92 Å². The molecule has 4 rings (SSSR count). The quantitative estimate of drug-likeness (QED) is 0.0788. The van der Waals surface area contributed by atoms with Crippen LogP contribution in [0.15, 0.2) is 24.3 Å². The summed E-state index contributed by atoms with van der Waals surface area (Å²) in [6, 6.07) is -5.36. The summed E-state index contributed by atoms with van der Waals surface area (Å²) in [5.74, 6) is -5.07. The molecule has 0 aliphatic carbocycles. The van der Waals surface area contributed by atoms with E-state index in [-0.39, 0.29) is 51.2 Å². The van der Waals surface area contributed by atoms with Gasteiger partial charge in [0.15, 0.2) is 12.1 Å².